The van der Waals surface area contributed by atoms with Crippen molar-refractivity contribution in [1.29, 1.82) is 0 Å². The second-order valence-electron chi connectivity index (χ2n) is 6.31. The summed E-state index contributed by atoms with van der Waals surface area (Å²) in [6, 6.07) is -1.59. The number of carboxylic acids is 1. The van der Waals surface area contributed by atoms with Crippen LogP contribution in [-0.4, -0.2) is 40.5 Å². The molecule has 0 bridgehead atoms. The molecule has 8 heteroatoms. The van der Waals surface area contributed by atoms with Gasteiger partial charge in [0.2, 0.25) is 0 Å². The Labute approximate surface area is 158 Å². The summed E-state index contributed by atoms with van der Waals surface area (Å²) in [5, 5.41) is 16.0. The number of aryl methyl sites for hydroxylation is 1. The third-order valence-electron chi connectivity index (χ3n) is 4.51. The molecule has 0 saturated carbocycles. The topological polar surface area (TPSA) is 67.2 Å². The van der Waals surface area contributed by atoms with E-state index in [1.165, 1.54) is 14.0 Å². The minimum atomic E-state index is -3.66. The first kappa shape index (κ1) is 22.8. The molecule has 1 heterocycles. The summed E-state index contributed by atoms with van der Waals surface area (Å²) in [4.78, 5) is 11.4. The van der Waals surface area contributed by atoms with E-state index >= 15 is 0 Å². The number of anilines is 1. The summed E-state index contributed by atoms with van der Waals surface area (Å²) in [7, 11) is 1.43. The van der Waals surface area contributed by atoms with Gasteiger partial charge < -0.3 is 10.4 Å². The number of rotatable bonds is 11. The number of halogens is 3. The Balaban J connectivity index is 3.21. The van der Waals surface area contributed by atoms with Crippen molar-refractivity contribution in [3.63, 3.8) is 0 Å². The number of nitrogens with one attached hydrogen (secondary N) is 1. The zero-order valence-electron chi connectivity index (χ0n) is 16.2. The maximum Gasteiger partial charge on any atom is 0.341 e. The van der Waals surface area contributed by atoms with E-state index in [2.05, 4.69) is 10.4 Å². The number of aromatic carboxylic acids is 1. The molecule has 1 rings (SSSR count). The normalized spacial score (nSPS) is 14.0. The van der Waals surface area contributed by atoms with Gasteiger partial charge in [-0.2, -0.15) is 5.10 Å². The lowest BCUT2D eigenvalue weighted by Crippen LogP contribution is -2.34. The third-order valence-corrected chi connectivity index (χ3v) is 4.51. The Morgan fingerprint density at radius 1 is 1.37 bits per heavy atom. The first-order valence-corrected chi connectivity index (χ1v) is 8.92. The Bertz CT molecular complexity index is 697. The fraction of sp³-hybridized carbons (Fsp3) is 0.579. The van der Waals surface area contributed by atoms with Crippen molar-refractivity contribution in [3.8, 4) is 0 Å². The van der Waals surface area contributed by atoms with Crippen LogP contribution >= 0.6 is 0 Å². The second-order valence-corrected chi connectivity index (χ2v) is 6.31. The summed E-state index contributed by atoms with van der Waals surface area (Å²) in [5.74, 6) is -4.98. The zero-order valence-corrected chi connectivity index (χ0v) is 16.2. The van der Waals surface area contributed by atoms with Gasteiger partial charge in [0.15, 0.2) is 6.67 Å². The SMILES string of the molecule is C/C=C\CC/C(=C\C)CCC(n1nc(C)c(C(=O)O)c1NC)C(F)(F)CF. The number of nitrogens with zero attached hydrogens (tertiary/aromatic N) is 2. The number of hydrogen-bond donors (Lipinski definition) is 2. The van der Waals surface area contributed by atoms with Crippen molar-refractivity contribution in [1.82, 2.24) is 9.78 Å². The molecule has 2 N–H and O–H groups in total. The summed E-state index contributed by atoms with van der Waals surface area (Å²) in [5.41, 5.74) is 0.906. The molecule has 0 spiro atoms. The van der Waals surface area contributed by atoms with E-state index in [0.717, 1.165) is 23.1 Å². The summed E-state index contributed by atoms with van der Waals surface area (Å²) in [6.07, 6.45) is 7.61. The highest BCUT2D eigenvalue weighted by Crippen LogP contribution is 2.38. The van der Waals surface area contributed by atoms with Crippen LogP contribution in [0.4, 0.5) is 19.0 Å². The predicted octanol–water partition coefficient (Wildman–Crippen LogP) is 5.16. The van der Waals surface area contributed by atoms with E-state index in [4.69, 9.17) is 0 Å². The fourth-order valence-electron chi connectivity index (χ4n) is 3.04. The van der Waals surface area contributed by atoms with Crippen molar-refractivity contribution in [3.05, 3.63) is 35.1 Å². The minimum Gasteiger partial charge on any atom is -0.477 e. The molecule has 0 aliphatic heterocycles. The minimum absolute atomic E-state index is 0.0472. The first-order valence-electron chi connectivity index (χ1n) is 8.92. The summed E-state index contributed by atoms with van der Waals surface area (Å²) >= 11 is 0. The van der Waals surface area contributed by atoms with Crippen molar-refractivity contribution in [2.45, 2.75) is 58.4 Å². The van der Waals surface area contributed by atoms with Crippen LogP contribution in [0.1, 0.15) is 61.6 Å². The molecule has 1 atom stereocenters. The summed E-state index contributed by atoms with van der Waals surface area (Å²) < 4.78 is 42.8. The maximum atomic E-state index is 14.4. The highest BCUT2D eigenvalue weighted by Gasteiger charge is 2.43. The molecule has 0 fully saturated rings. The molecular weight excluding hydrogens is 359 g/mol. The quantitative estimate of drug-likeness (QED) is 0.515. The van der Waals surface area contributed by atoms with Gasteiger partial charge in [-0.05, 0) is 46.5 Å². The van der Waals surface area contributed by atoms with Gasteiger partial charge in [0, 0.05) is 7.05 Å². The average Bonchev–Trinajstić information content (AvgIpc) is 2.96. The van der Waals surface area contributed by atoms with Gasteiger partial charge in [-0.15, -0.1) is 0 Å². The summed E-state index contributed by atoms with van der Waals surface area (Å²) in [6.45, 7) is 3.34. The van der Waals surface area contributed by atoms with E-state index in [0.29, 0.717) is 6.42 Å². The monoisotopic (exact) mass is 387 g/mol. The van der Waals surface area contributed by atoms with Crippen molar-refractivity contribution in [2.24, 2.45) is 0 Å². The molecule has 0 saturated heterocycles. The van der Waals surface area contributed by atoms with Crippen LogP contribution in [0.2, 0.25) is 0 Å². The maximum absolute atomic E-state index is 14.4. The van der Waals surface area contributed by atoms with E-state index in [1.807, 2.05) is 32.1 Å². The van der Waals surface area contributed by atoms with Crippen LogP contribution in [0.3, 0.4) is 0 Å². The number of carbonyl (C=O) groups is 1. The Morgan fingerprint density at radius 2 is 2.04 bits per heavy atom. The lowest BCUT2D eigenvalue weighted by molar-refractivity contribution is -0.0750. The Morgan fingerprint density at radius 3 is 2.52 bits per heavy atom. The van der Waals surface area contributed by atoms with E-state index < -0.39 is 24.6 Å². The molecular formula is C19H28F3N3O2. The third kappa shape index (κ3) is 5.61. The molecule has 0 aromatic carbocycles. The number of carboxylic acid groups (broad SMARTS) is 1. The Hall–Kier alpha value is -2.25. The number of aromatic nitrogens is 2. The second kappa shape index (κ2) is 10.2. The van der Waals surface area contributed by atoms with Gasteiger partial charge in [0.25, 0.3) is 5.92 Å². The lowest BCUT2D eigenvalue weighted by Gasteiger charge is -2.27. The lowest BCUT2D eigenvalue weighted by atomic mass is 9.98. The van der Waals surface area contributed by atoms with Crippen LogP contribution in [0, 0.1) is 6.92 Å². The fourth-order valence-corrected chi connectivity index (χ4v) is 3.04. The molecule has 0 radical (unpaired) electrons. The smallest absolute Gasteiger partial charge is 0.341 e. The van der Waals surface area contributed by atoms with Crippen molar-refractivity contribution >= 4 is 11.8 Å². The van der Waals surface area contributed by atoms with E-state index in [-0.39, 0.29) is 23.5 Å². The van der Waals surface area contributed by atoms with Gasteiger partial charge in [-0.3, -0.25) is 0 Å². The predicted molar refractivity (Wildman–Crippen MR) is 100 cm³/mol. The van der Waals surface area contributed by atoms with Crippen LogP contribution in [0.15, 0.2) is 23.8 Å². The van der Waals surface area contributed by atoms with Crippen LogP contribution < -0.4 is 5.32 Å². The van der Waals surface area contributed by atoms with E-state index in [9.17, 15) is 23.1 Å². The van der Waals surface area contributed by atoms with E-state index in [1.54, 1.807) is 0 Å². The van der Waals surface area contributed by atoms with Crippen LogP contribution in [0.25, 0.3) is 0 Å². The number of hydrogen-bond acceptors (Lipinski definition) is 3. The number of allylic oxidation sites excluding steroid dienone is 4. The van der Waals surface area contributed by atoms with Crippen molar-refractivity contribution in [2.75, 3.05) is 19.0 Å². The van der Waals surface area contributed by atoms with Gasteiger partial charge in [-0.1, -0.05) is 23.8 Å². The molecule has 0 aliphatic carbocycles. The average molecular weight is 387 g/mol. The van der Waals surface area contributed by atoms with Crippen molar-refractivity contribution < 1.29 is 23.1 Å². The van der Waals surface area contributed by atoms with Gasteiger partial charge in [-0.25, -0.2) is 22.6 Å². The molecule has 27 heavy (non-hydrogen) atoms. The molecule has 0 amide bonds. The molecule has 5 nitrogen and oxygen atoms in total. The zero-order chi connectivity index (χ0) is 20.6. The van der Waals surface area contributed by atoms with Gasteiger partial charge in [0.1, 0.15) is 17.4 Å². The number of alkyl halides is 3. The first-order chi connectivity index (χ1) is 12.7. The standard InChI is InChI=1S/C19H28F3N3O2/c1-5-7-8-9-14(6-2)10-11-15(19(21,22)12-20)25-17(23-4)16(18(26)27)13(3)24-25/h5-7,15,23H,8-12H2,1-4H3,(H,26,27)/b7-5-,14-6+. The van der Waals surface area contributed by atoms with Gasteiger partial charge >= 0.3 is 5.97 Å². The molecule has 1 aromatic rings. The molecule has 152 valence electrons. The molecule has 0 aliphatic rings. The molecule has 1 aromatic heterocycles. The largest absolute Gasteiger partial charge is 0.477 e. The van der Waals surface area contributed by atoms with Crippen LogP contribution in [-0.2, 0) is 0 Å². The highest BCUT2D eigenvalue weighted by molar-refractivity contribution is 5.94. The van der Waals surface area contributed by atoms with Crippen LogP contribution in [0.5, 0.6) is 0 Å². The van der Waals surface area contributed by atoms with Gasteiger partial charge in [0.05, 0.1) is 5.69 Å². The Kier molecular flexibility index (Phi) is 8.59. The molecule has 1 unspecified atom stereocenters. The highest BCUT2D eigenvalue weighted by atomic mass is 19.3.